The maximum Gasteiger partial charge on any atom is 0.345 e. The molecule has 1 atom stereocenters. The molecule has 1 amide bonds. The molecular weight excluding hydrogens is 258 g/mol. The van der Waals surface area contributed by atoms with Gasteiger partial charge >= 0.3 is 5.97 Å². The van der Waals surface area contributed by atoms with E-state index in [2.05, 4.69) is 5.32 Å². The molecule has 1 unspecified atom stereocenters. The highest BCUT2D eigenvalue weighted by atomic mass is 32.2. The smallest absolute Gasteiger partial charge is 0.345 e. The van der Waals surface area contributed by atoms with Crippen molar-refractivity contribution in [3.8, 4) is 0 Å². The van der Waals surface area contributed by atoms with Gasteiger partial charge in [0.05, 0.1) is 5.25 Å². The zero-order chi connectivity index (χ0) is 12.8. The Morgan fingerprint density at radius 1 is 1.59 bits per heavy atom. The van der Waals surface area contributed by atoms with Crippen LogP contribution >= 0.6 is 23.1 Å². The summed E-state index contributed by atoms with van der Waals surface area (Å²) in [7, 11) is 0. The van der Waals surface area contributed by atoms with E-state index in [4.69, 9.17) is 5.11 Å². The molecule has 0 aliphatic heterocycles. The molecule has 0 aromatic carbocycles. The first-order valence-corrected chi connectivity index (χ1v) is 7.06. The summed E-state index contributed by atoms with van der Waals surface area (Å²) >= 11 is 2.55. The van der Waals surface area contributed by atoms with Gasteiger partial charge in [0.2, 0.25) is 5.91 Å². The van der Waals surface area contributed by atoms with Crippen LogP contribution in [0.15, 0.2) is 16.3 Å². The Bertz CT molecular complexity index is 403. The third-order valence-electron chi connectivity index (χ3n) is 2.02. The van der Waals surface area contributed by atoms with Gasteiger partial charge < -0.3 is 10.4 Å². The van der Waals surface area contributed by atoms with Crippen molar-refractivity contribution in [3.05, 3.63) is 16.3 Å². The largest absolute Gasteiger partial charge is 0.477 e. The van der Waals surface area contributed by atoms with Gasteiger partial charge in [0.15, 0.2) is 0 Å². The molecule has 0 saturated heterocycles. The maximum absolute atomic E-state index is 11.6. The summed E-state index contributed by atoms with van der Waals surface area (Å²) in [6, 6.07) is 1.60. The van der Waals surface area contributed by atoms with Crippen LogP contribution in [0.25, 0.3) is 0 Å². The van der Waals surface area contributed by atoms with Crippen molar-refractivity contribution in [2.75, 3.05) is 6.54 Å². The Kier molecular flexibility index (Phi) is 5.50. The molecule has 0 bridgehead atoms. The number of aromatic carboxylic acids is 1. The summed E-state index contributed by atoms with van der Waals surface area (Å²) < 4.78 is 0. The quantitative estimate of drug-likeness (QED) is 0.781. The zero-order valence-electron chi connectivity index (χ0n) is 9.73. The Morgan fingerprint density at radius 2 is 2.29 bits per heavy atom. The Hall–Kier alpha value is -1.01. The number of carbonyl (C=O) groups excluding carboxylic acids is 1. The molecule has 1 rings (SSSR count). The Morgan fingerprint density at radius 3 is 2.82 bits per heavy atom. The lowest BCUT2D eigenvalue weighted by Gasteiger charge is -2.09. The van der Waals surface area contributed by atoms with Gasteiger partial charge in [-0.25, -0.2) is 4.79 Å². The van der Waals surface area contributed by atoms with Crippen molar-refractivity contribution in [2.45, 2.75) is 30.4 Å². The molecule has 2 N–H and O–H groups in total. The standard InChI is InChI=1S/C11H15NO3S2/c1-3-4-12-10(13)7(2)17-8-5-9(11(14)15)16-6-8/h5-7H,3-4H2,1-2H3,(H,12,13)(H,14,15). The SMILES string of the molecule is CCCNC(=O)C(C)Sc1csc(C(=O)O)c1. The third kappa shape index (κ3) is 4.40. The molecule has 0 fully saturated rings. The first-order chi connectivity index (χ1) is 8.04. The second kappa shape index (κ2) is 6.66. The van der Waals surface area contributed by atoms with Gasteiger partial charge in [-0.15, -0.1) is 23.1 Å². The second-order valence-corrected chi connectivity index (χ2v) is 5.83. The van der Waals surface area contributed by atoms with Gasteiger partial charge in [0, 0.05) is 16.8 Å². The average molecular weight is 273 g/mol. The van der Waals surface area contributed by atoms with Gasteiger partial charge in [-0.2, -0.15) is 0 Å². The van der Waals surface area contributed by atoms with Crippen LogP contribution in [0.3, 0.4) is 0 Å². The molecule has 17 heavy (non-hydrogen) atoms. The van der Waals surface area contributed by atoms with E-state index in [1.54, 1.807) is 11.4 Å². The van der Waals surface area contributed by atoms with Crippen molar-refractivity contribution in [3.63, 3.8) is 0 Å². The minimum Gasteiger partial charge on any atom is -0.477 e. The van der Waals surface area contributed by atoms with Gasteiger partial charge in [0.25, 0.3) is 0 Å². The number of thioether (sulfide) groups is 1. The number of amides is 1. The minimum absolute atomic E-state index is 0.0140. The second-order valence-electron chi connectivity index (χ2n) is 3.50. The monoisotopic (exact) mass is 273 g/mol. The van der Waals surface area contributed by atoms with E-state index >= 15 is 0 Å². The average Bonchev–Trinajstić information content (AvgIpc) is 2.74. The molecule has 0 spiro atoms. The zero-order valence-corrected chi connectivity index (χ0v) is 11.4. The fraction of sp³-hybridized carbons (Fsp3) is 0.455. The summed E-state index contributed by atoms with van der Waals surface area (Å²) in [6.45, 7) is 4.48. The van der Waals surface area contributed by atoms with E-state index in [-0.39, 0.29) is 11.2 Å². The first kappa shape index (κ1) is 14.1. The molecule has 4 nitrogen and oxygen atoms in total. The molecular formula is C11H15NO3S2. The van der Waals surface area contributed by atoms with Crippen LogP contribution in [0, 0.1) is 0 Å². The number of thiophene rings is 1. The van der Waals surface area contributed by atoms with Crippen LogP contribution in [0.4, 0.5) is 0 Å². The summed E-state index contributed by atoms with van der Waals surface area (Å²) in [5.41, 5.74) is 0. The van der Waals surface area contributed by atoms with Crippen LogP contribution in [-0.2, 0) is 4.79 Å². The van der Waals surface area contributed by atoms with Crippen LogP contribution in [0.1, 0.15) is 29.9 Å². The van der Waals surface area contributed by atoms with Crippen molar-refractivity contribution in [1.29, 1.82) is 0 Å². The fourth-order valence-corrected chi connectivity index (χ4v) is 2.97. The molecule has 0 saturated carbocycles. The number of carboxylic acid groups (broad SMARTS) is 1. The number of hydrogen-bond acceptors (Lipinski definition) is 4. The topological polar surface area (TPSA) is 66.4 Å². The molecule has 6 heteroatoms. The molecule has 1 aromatic rings. The molecule has 0 aliphatic carbocycles. The van der Waals surface area contributed by atoms with E-state index < -0.39 is 5.97 Å². The lowest BCUT2D eigenvalue weighted by Crippen LogP contribution is -2.31. The molecule has 0 radical (unpaired) electrons. The van der Waals surface area contributed by atoms with E-state index in [1.165, 1.54) is 23.1 Å². The summed E-state index contributed by atoms with van der Waals surface area (Å²) in [4.78, 5) is 23.4. The maximum atomic E-state index is 11.6. The lowest BCUT2D eigenvalue weighted by atomic mass is 10.4. The van der Waals surface area contributed by atoms with E-state index in [1.807, 2.05) is 13.8 Å². The van der Waals surface area contributed by atoms with Crippen molar-refractivity contribution >= 4 is 35.0 Å². The number of hydrogen-bond donors (Lipinski definition) is 2. The normalized spacial score (nSPS) is 12.1. The highest BCUT2D eigenvalue weighted by Gasteiger charge is 2.15. The molecule has 1 aromatic heterocycles. The number of carboxylic acids is 1. The van der Waals surface area contributed by atoms with Gasteiger partial charge in [-0.3, -0.25) is 4.79 Å². The first-order valence-electron chi connectivity index (χ1n) is 5.30. The minimum atomic E-state index is -0.926. The highest BCUT2D eigenvalue weighted by Crippen LogP contribution is 2.28. The van der Waals surface area contributed by atoms with Gasteiger partial charge in [0.1, 0.15) is 4.88 Å². The van der Waals surface area contributed by atoms with Crippen LogP contribution in [0.5, 0.6) is 0 Å². The van der Waals surface area contributed by atoms with Crippen molar-refractivity contribution in [1.82, 2.24) is 5.32 Å². The predicted octanol–water partition coefficient (Wildman–Crippen LogP) is 2.45. The predicted molar refractivity (Wildman–Crippen MR) is 69.9 cm³/mol. The molecule has 94 valence electrons. The van der Waals surface area contributed by atoms with Crippen LogP contribution < -0.4 is 5.32 Å². The third-order valence-corrected chi connectivity index (χ3v) is 4.16. The summed E-state index contributed by atoms with van der Waals surface area (Å²) in [6.07, 6.45) is 0.907. The number of rotatable bonds is 6. The van der Waals surface area contributed by atoms with Crippen molar-refractivity contribution < 1.29 is 14.7 Å². The summed E-state index contributed by atoms with van der Waals surface area (Å²) in [5, 5.41) is 13.1. The van der Waals surface area contributed by atoms with Crippen LogP contribution in [0.2, 0.25) is 0 Å². The van der Waals surface area contributed by atoms with Crippen molar-refractivity contribution in [2.24, 2.45) is 0 Å². The molecule has 0 aliphatic rings. The summed E-state index contributed by atoms with van der Waals surface area (Å²) in [5.74, 6) is -0.940. The van der Waals surface area contributed by atoms with E-state index in [0.717, 1.165) is 11.3 Å². The van der Waals surface area contributed by atoms with Gasteiger partial charge in [-0.1, -0.05) is 6.92 Å². The van der Waals surface area contributed by atoms with E-state index in [9.17, 15) is 9.59 Å². The molecule has 1 heterocycles. The van der Waals surface area contributed by atoms with Crippen LogP contribution in [-0.4, -0.2) is 28.8 Å². The lowest BCUT2D eigenvalue weighted by molar-refractivity contribution is -0.120. The number of carbonyl (C=O) groups is 2. The fourth-order valence-electron chi connectivity index (χ4n) is 1.14. The van der Waals surface area contributed by atoms with Gasteiger partial charge in [-0.05, 0) is 19.4 Å². The number of nitrogens with one attached hydrogen (secondary N) is 1. The van der Waals surface area contributed by atoms with E-state index in [0.29, 0.717) is 11.4 Å². The highest BCUT2D eigenvalue weighted by molar-refractivity contribution is 8.00. The Balaban J connectivity index is 2.52. The Labute approximate surface area is 108 Å².